The Bertz CT molecular complexity index is 562. The van der Waals surface area contributed by atoms with Crippen molar-refractivity contribution in [3.8, 4) is 6.07 Å². The summed E-state index contributed by atoms with van der Waals surface area (Å²) in [6.07, 6.45) is 0.246. The van der Waals surface area contributed by atoms with Gasteiger partial charge in [0.2, 0.25) is 5.91 Å². The number of carbonyl (C=O) groups is 1. The first kappa shape index (κ1) is 16.4. The van der Waals surface area contributed by atoms with Crippen molar-refractivity contribution in [2.75, 3.05) is 25.0 Å². The van der Waals surface area contributed by atoms with E-state index in [2.05, 4.69) is 5.32 Å². The lowest BCUT2D eigenvalue weighted by Crippen LogP contribution is -2.31. The first-order valence-corrected chi connectivity index (χ1v) is 6.74. The van der Waals surface area contributed by atoms with Gasteiger partial charge in [0.15, 0.2) is 0 Å². The van der Waals surface area contributed by atoms with E-state index in [-0.39, 0.29) is 35.8 Å². The second-order valence-corrected chi connectivity index (χ2v) is 4.31. The lowest BCUT2D eigenvalue weighted by Gasteiger charge is -2.18. The third kappa shape index (κ3) is 4.18. The number of rotatable bonds is 7. The molecule has 0 heterocycles. The number of nitro benzene ring substituents is 1. The number of carbonyl (C=O) groups excluding carboxylic acids is 1. The molecule has 0 aliphatic heterocycles. The van der Waals surface area contributed by atoms with Gasteiger partial charge in [-0.2, -0.15) is 5.26 Å². The third-order valence-corrected chi connectivity index (χ3v) is 3.11. The smallest absolute Gasteiger partial charge is 0.309 e. The highest BCUT2D eigenvalue weighted by molar-refractivity contribution is 5.77. The van der Waals surface area contributed by atoms with Crippen molar-refractivity contribution in [2.45, 2.75) is 20.3 Å². The van der Waals surface area contributed by atoms with Gasteiger partial charge in [0.1, 0.15) is 17.3 Å². The Morgan fingerprint density at radius 1 is 1.43 bits per heavy atom. The van der Waals surface area contributed by atoms with Gasteiger partial charge in [-0.25, -0.2) is 0 Å². The highest BCUT2D eigenvalue weighted by Gasteiger charge is 2.19. The molecule has 1 aromatic carbocycles. The summed E-state index contributed by atoms with van der Waals surface area (Å²) in [5, 5.41) is 22.8. The van der Waals surface area contributed by atoms with Gasteiger partial charge < -0.3 is 10.2 Å². The Balaban J connectivity index is 2.75. The molecule has 7 nitrogen and oxygen atoms in total. The Morgan fingerprint density at radius 2 is 2.10 bits per heavy atom. The monoisotopic (exact) mass is 290 g/mol. The van der Waals surface area contributed by atoms with Gasteiger partial charge in [0.05, 0.1) is 4.92 Å². The number of nitriles is 1. The molecule has 0 aliphatic rings. The molecule has 112 valence electrons. The molecule has 0 aromatic heterocycles. The lowest BCUT2D eigenvalue weighted by molar-refractivity contribution is -0.384. The van der Waals surface area contributed by atoms with E-state index >= 15 is 0 Å². The van der Waals surface area contributed by atoms with Gasteiger partial charge in [-0.15, -0.1) is 0 Å². The summed E-state index contributed by atoms with van der Waals surface area (Å²) in [4.78, 5) is 24.0. The fraction of sp³-hybridized carbons (Fsp3) is 0.429. The van der Waals surface area contributed by atoms with Crippen molar-refractivity contribution in [3.63, 3.8) is 0 Å². The normalized spacial score (nSPS) is 9.76. The molecular weight excluding hydrogens is 272 g/mol. The molecule has 0 atom stereocenters. The van der Waals surface area contributed by atoms with Crippen LogP contribution in [0.25, 0.3) is 0 Å². The molecule has 0 saturated carbocycles. The Labute approximate surface area is 123 Å². The van der Waals surface area contributed by atoms with Crippen LogP contribution in [0, 0.1) is 21.4 Å². The highest BCUT2D eigenvalue weighted by Crippen LogP contribution is 2.27. The van der Waals surface area contributed by atoms with E-state index in [1.165, 1.54) is 12.1 Å². The zero-order valence-corrected chi connectivity index (χ0v) is 12.1. The maximum Gasteiger partial charge on any atom is 0.309 e. The number of amides is 1. The van der Waals surface area contributed by atoms with E-state index in [0.29, 0.717) is 13.1 Å². The highest BCUT2D eigenvalue weighted by atomic mass is 16.6. The molecule has 0 saturated heterocycles. The fourth-order valence-corrected chi connectivity index (χ4v) is 2.01. The van der Waals surface area contributed by atoms with Gasteiger partial charge in [-0.1, -0.05) is 6.07 Å². The molecule has 0 bridgehead atoms. The summed E-state index contributed by atoms with van der Waals surface area (Å²) in [7, 11) is 0. The van der Waals surface area contributed by atoms with Crippen LogP contribution in [0.1, 0.15) is 25.8 Å². The van der Waals surface area contributed by atoms with Crippen LogP contribution in [0.4, 0.5) is 11.4 Å². The molecule has 0 aliphatic carbocycles. The van der Waals surface area contributed by atoms with Crippen LogP contribution in [0.5, 0.6) is 0 Å². The van der Waals surface area contributed by atoms with E-state index in [1.807, 2.05) is 13.8 Å². The Kier molecular flexibility index (Phi) is 6.14. The second-order valence-electron chi connectivity index (χ2n) is 4.31. The number of hydrogen-bond acceptors (Lipinski definition) is 5. The SMILES string of the molecule is CCN(CC)C(=O)CCNc1cccc(C#N)c1[N+](=O)[O-]. The van der Waals surface area contributed by atoms with Crippen LogP contribution < -0.4 is 5.32 Å². The number of benzene rings is 1. The molecule has 0 fully saturated rings. The maximum absolute atomic E-state index is 11.8. The average molecular weight is 290 g/mol. The minimum Gasteiger partial charge on any atom is -0.379 e. The molecule has 1 amide bonds. The molecular formula is C14H18N4O3. The van der Waals surface area contributed by atoms with Gasteiger partial charge in [0, 0.05) is 26.1 Å². The zero-order valence-electron chi connectivity index (χ0n) is 12.1. The van der Waals surface area contributed by atoms with Crippen LogP contribution >= 0.6 is 0 Å². The van der Waals surface area contributed by atoms with E-state index in [4.69, 9.17) is 5.26 Å². The number of nitrogens with zero attached hydrogens (tertiary/aromatic N) is 3. The molecule has 21 heavy (non-hydrogen) atoms. The topological polar surface area (TPSA) is 99.3 Å². The van der Waals surface area contributed by atoms with E-state index < -0.39 is 4.92 Å². The quantitative estimate of drug-likeness (QED) is 0.612. The summed E-state index contributed by atoms with van der Waals surface area (Å²) < 4.78 is 0. The lowest BCUT2D eigenvalue weighted by atomic mass is 10.1. The van der Waals surface area contributed by atoms with Crippen LogP contribution in [0.2, 0.25) is 0 Å². The molecule has 1 rings (SSSR count). The second kappa shape index (κ2) is 7.85. The molecule has 0 unspecified atom stereocenters. The number of anilines is 1. The number of hydrogen-bond donors (Lipinski definition) is 1. The molecule has 1 N–H and O–H groups in total. The van der Waals surface area contributed by atoms with Crippen molar-refractivity contribution in [1.29, 1.82) is 5.26 Å². The Morgan fingerprint density at radius 3 is 2.62 bits per heavy atom. The van der Waals surface area contributed by atoms with Crippen molar-refractivity contribution < 1.29 is 9.72 Å². The van der Waals surface area contributed by atoms with Gasteiger partial charge in [-0.3, -0.25) is 14.9 Å². The summed E-state index contributed by atoms with van der Waals surface area (Å²) in [5.74, 6) is -0.00779. The molecule has 0 radical (unpaired) electrons. The van der Waals surface area contributed by atoms with E-state index in [0.717, 1.165) is 0 Å². The van der Waals surface area contributed by atoms with Crippen LogP contribution in [-0.2, 0) is 4.79 Å². The average Bonchev–Trinajstić information content (AvgIpc) is 2.47. The Hall–Kier alpha value is -2.62. The van der Waals surface area contributed by atoms with Crippen molar-refractivity contribution in [1.82, 2.24) is 4.90 Å². The minimum absolute atomic E-state index is 0.0000643. The molecule has 0 spiro atoms. The largest absolute Gasteiger partial charge is 0.379 e. The molecule has 1 aromatic rings. The first-order valence-electron chi connectivity index (χ1n) is 6.74. The van der Waals surface area contributed by atoms with E-state index in [1.54, 1.807) is 17.0 Å². The number of nitrogens with one attached hydrogen (secondary N) is 1. The summed E-state index contributed by atoms with van der Waals surface area (Å²) in [6.45, 7) is 5.36. The fourth-order valence-electron chi connectivity index (χ4n) is 2.01. The standard InChI is InChI=1S/C14H18N4O3/c1-3-17(4-2)13(19)8-9-16-12-7-5-6-11(10-15)14(12)18(20)21/h5-7,16H,3-4,8-9H2,1-2H3. The van der Waals surface area contributed by atoms with Crippen molar-refractivity contribution in [3.05, 3.63) is 33.9 Å². The van der Waals surface area contributed by atoms with Crippen LogP contribution in [-0.4, -0.2) is 35.4 Å². The summed E-state index contributed by atoms with van der Waals surface area (Å²) in [5.41, 5.74) is 0.00162. The predicted octanol–water partition coefficient (Wildman–Crippen LogP) is 2.14. The maximum atomic E-state index is 11.8. The van der Waals surface area contributed by atoms with Gasteiger partial charge >= 0.3 is 5.69 Å². The van der Waals surface area contributed by atoms with Crippen LogP contribution in [0.15, 0.2) is 18.2 Å². The van der Waals surface area contributed by atoms with Crippen LogP contribution in [0.3, 0.4) is 0 Å². The van der Waals surface area contributed by atoms with Crippen molar-refractivity contribution in [2.24, 2.45) is 0 Å². The first-order chi connectivity index (χ1) is 10.0. The summed E-state index contributed by atoms with van der Waals surface area (Å²) in [6, 6.07) is 6.29. The number of para-hydroxylation sites is 1. The predicted molar refractivity (Wildman–Crippen MR) is 78.8 cm³/mol. The van der Waals surface area contributed by atoms with Crippen molar-refractivity contribution >= 4 is 17.3 Å². The van der Waals surface area contributed by atoms with E-state index in [9.17, 15) is 14.9 Å². The number of nitro groups is 1. The van der Waals surface area contributed by atoms with Gasteiger partial charge in [0.25, 0.3) is 0 Å². The molecule has 7 heteroatoms. The summed E-state index contributed by atoms with van der Waals surface area (Å²) >= 11 is 0. The minimum atomic E-state index is -0.590. The van der Waals surface area contributed by atoms with Gasteiger partial charge in [-0.05, 0) is 26.0 Å². The zero-order chi connectivity index (χ0) is 15.8. The third-order valence-electron chi connectivity index (χ3n) is 3.11.